The van der Waals surface area contributed by atoms with Crippen LogP contribution < -0.4 is 10.1 Å². The Morgan fingerprint density at radius 2 is 2.04 bits per heavy atom. The molecule has 0 fully saturated rings. The predicted molar refractivity (Wildman–Crippen MR) is 109 cm³/mol. The van der Waals surface area contributed by atoms with Crippen molar-refractivity contribution in [3.05, 3.63) is 66.7 Å². The number of amides is 1. The van der Waals surface area contributed by atoms with Gasteiger partial charge in [0.25, 0.3) is 11.6 Å². The zero-order valence-electron chi connectivity index (χ0n) is 13.4. The average molecular weight is 516 g/mol. The Bertz CT molecular complexity index is 1060. The molecule has 0 radical (unpaired) electrons. The van der Waals surface area contributed by atoms with Crippen molar-refractivity contribution in [1.82, 2.24) is 4.98 Å². The number of hydrogen-bond donors (Lipinski definition) is 1. The first kappa shape index (κ1) is 19.5. The molecule has 3 rings (SSSR count). The van der Waals surface area contributed by atoms with Crippen LogP contribution in [0.3, 0.4) is 0 Å². The Morgan fingerprint density at radius 1 is 1.26 bits per heavy atom. The van der Waals surface area contributed by atoms with Crippen molar-refractivity contribution >= 4 is 71.6 Å². The molecule has 0 bridgehead atoms. The molecule has 3 aromatic rings. The lowest BCUT2D eigenvalue weighted by Crippen LogP contribution is -2.20. The van der Waals surface area contributed by atoms with Gasteiger partial charge in [-0.3, -0.25) is 19.9 Å². The van der Waals surface area contributed by atoms with Crippen molar-refractivity contribution in [1.29, 1.82) is 0 Å². The summed E-state index contributed by atoms with van der Waals surface area (Å²) in [6, 6.07) is 9.25. The Hall–Kier alpha value is -2.23. The molecule has 0 aliphatic rings. The number of halogens is 3. The standard InChI is InChI=1S/C17H10Br2ClN3O4/c18-11-7-12(19)17(16-10(11)2-1-5-21-16)27-8-15(24)22-14-6-9(23(25)26)3-4-13(14)20/h1-7H,8H2,(H,22,24). The lowest BCUT2D eigenvalue weighted by Gasteiger charge is -2.12. The minimum Gasteiger partial charge on any atom is -0.480 e. The summed E-state index contributed by atoms with van der Waals surface area (Å²) in [6.07, 6.45) is 1.62. The molecular weight excluding hydrogens is 505 g/mol. The first-order valence-corrected chi connectivity index (χ1v) is 9.42. The molecule has 138 valence electrons. The van der Waals surface area contributed by atoms with Gasteiger partial charge in [-0.2, -0.15) is 0 Å². The quantitative estimate of drug-likeness (QED) is 0.366. The van der Waals surface area contributed by atoms with Gasteiger partial charge in [0, 0.05) is 28.2 Å². The van der Waals surface area contributed by atoms with Crippen LogP contribution in [0.5, 0.6) is 5.75 Å². The third-order valence-corrected chi connectivity index (χ3v) is 5.11. The summed E-state index contributed by atoms with van der Waals surface area (Å²) >= 11 is 12.8. The Kier molecular flexibility index (Phi) is 5.93. The number of benzene rings is 2. The number of rotatable bonds is 5. The number of ether oxygens (including phenoxy) is 1. The number of nitro groups is 1. The number of non-ortho nitro benzene ring substituents is 1. The van der Waals surface area contributed by atoms with Gasteiger partial charge in [-0.25, -0.2) is 0 Å². The second-order valence-electron chi connectivity index (χ2n) is 5.33. The number of nitrogens with zero attached hydrogens (tertiary/aromatic N) is 2. The second kappa shape index (κ2) is 8.20. The van der Waals surface area contributed by atoms with Crippen LogP contribution in [0.15, 0.2) is 51.5 Å². The average Bonchev–Trinajstić information content (AvgIpc) is 2.63. The predicted octanol–water partition coefficient (Wildman–Crippen LogP) is 5.34. The van der Waals surface area contributed by atoms with Gasteiger partial charge in [-0.1, -0.05) is 33.6 Å². The topological polar surface area (TPSA) is 94.4 Å². The van der Waals surface area contributed by atoms with Crippen LogP contribution >= 0.6 is 43.5 Å². The lowest BCUT2D eigenvalue weighted by atomic mass is 10.2. The normalized spacial score (nSPS) is 10.6. The van der Waals surface area contributed by atoms with Crippen molar-refractivity contribution in [3.63, 3.8) is 0 Å². The number of anilines is 1. The fourth-order valence-electron chi connectivity index (χ4n) is 2.33. The number of nitrogens with one attached hydrogen (secondary N) is 1. The first-order valence-electron chi connectivity index (χ1n) is 7.46. The summed E-state index contributed by atoms with van der Waals surface area (Å²) in [4.78, 5) is 26.8. The third-order valence-electron chi connectivity index (χ3n) is 3.53. The maximum atomic E-state index is 12.2. The van der Waals surface area contributed by atoms with Crippen LogP contribution in [-0.4, -0.2) is 22.4 Å². The van der Waals surface area contributed by atoms with E-state index in [1.807, 2.05) is 6.07 Å². The highest BCUT2D eigenvalue weighted by Gasteiger charge is 2.15. The van der Waals surface area contributed by atoms with Gasteiger partial charge in [0.15, 0.2) is 12.4 Å². The fourth-order valence-corrected chi connectivity index (χ4v) is 3.88. The summed E-state index contributed by atoms with van der Waals surface area (Å²) < 4.78 is 7.10. The molecule has 2 aromatic carbocycles. The van der Waals surface area contributed by atoms with Crippen molar-refractivity contribution in [3.8, 4) is 5.75 Å². The van der Waals surface area contributed by atoms with Crippen LogP contribution in [0.1, 0.15) is 0 Å². The highest BCUT2D eigenvalue weighted by molar-refractivity contribution is 9.11. The van der Waals surface area contributed by atoms with Crippen LogP contribution in [0.4, 0.5) is 11.4 Å². The first-order chi connectivity index (χ1) is 12.9. The molecule has 7 nitrogen and oxygen atoms in total. The van der Waals surface area contributed by atoms with Crippen molar-refractivity contribution in [2.24, 2.45) is 0 Å². The molecule has 1 amide bonds. The fraction of sp³-hybridized carbons (Fsp3) is 0.0588. The molecule has 0 saturated carbocycles. The SMILES string of the molecule is O=C(COc1c(Br)cc(Br)c2cccnc12)Nc1cc([N+](=O)[O-])ccc1Cl. The van der Waals surface area contributed by atoms with Crippen molar-refractivity contribution < 1.29 is 14.5 Å². The molecule has 27 heavy (non-hydrogen) atoms. The number of hydrogen-bond acceptors (Lipinski definition) is 5. The van der Waals surface area contributed by atoms with E-state index in [4.69, 9.17) is 16.3 Å². The molecule has 10 heteroatoms. The molecule has 0 atom stereocenters. The molecule has 1 N–H and O–H groups in total. The zero-order valence-corrected chi connectivity index (χ0v) is 17.3. The summed E-state index contributed by atoms with van der Waals surface area (Å²) in [5, 5.41) is 14.4. The van der Waals surface area contributed by atoms with Gasteiger partial charge in [0.05, 0.1) is 20.1 Å². The Morgan fingerprint density at radius 3 is 2.78 bits per heavy atom. The van der Waals surface area contributed by atoms with Gasteiger partial charge in [0.2, 0.25) is 0 Å². The minimum atomic E-state index is -0.570. The molecular formula is C17H10Br2ClN3O4. The van der Waals surface area contributed by atoms with Crippen molar-refractivity contribution in [2.45, 2.75) is 0 Å². The van der Waals surface area contributed by atoms with Gasteiger partial charge in [-0.05, 0) is 34.1 Å². The highest BCUT2D eigenvalue weighted by atomic mass is 79.9. The van der Waals surface area contributed by atoms with Gasteiger partial charge in [-0.15, -0.1) is 0 Å². The monoisotopic (exact) mass is 513 g/mol. The number of carbonyl (C=O) groups is 1. The molecule has 1 aromatic heterocycles. The van der Waals surface area contributed by atoms with Gasteiger partial charge in [0.1, 0.15) is 5.52 Å². The Balaban J connectivity index is 1.78. The number of nitro benzene ring substituents is 1. The second-order valence-corrected chi connectivity index (χ2v) is 7.44. The zero-order chi connectivity index (χ0) is 19.6. The number of carbonyl (C=O) groups excluding carboxylic acids is 1. The number of aromatic nitrogens is 1. The van der Waals surface area contributed by atoms with Crippen LogP contribution in [-0.2, 0) is 4.79 Å². The van der Waals surface area contributed by atoms with Crippen LogP contribution in [0, 0.1) is 10.1 Å². The van der Waals surface area contributed by atoms with E-state index in [0.717, 1.165) is 9.86 Å². The number of fused-ring (bicyclic) bond motifs is 1. The summed E-state index contributed by atoms with van der Waals surface area (Å²) in [5.74, 6) is -0.106. The third kappa shape index (κ3) is 4.37. The molecule has 0 aliphatic heterocycles. The van der Waals surface area contributed by atoms with E-state index < -0.39 is 10.8 Å². The van der Waals surface area contributed by atoms with E-state index in [9.17, 15) is 14.9 Å². The van der Waals surface area contributed by atoms with E-state index in [1.54, 1.807) is 18.3 Å². The molecule has 0 aliphatic carbocycles. The molecule has 1 heterocycles. The van der Waals surface area contributed by atoms with E-state index in [1.165, 1.54) is 18.2 Å². The van der Waals surface area contributed by atoms with E-state index >= 15 is 0 Å². The molecule has 0 saturated heterocycles. The van der Waals surface area contributed by atoms with Crippen LogP contribution in [0.25, 0.3) is 10.9 Å². The lowest BCUT2D eigenvalue weighted by molar-refractivity contribution is -0.384. The molecule has 0 unspecified atom stereocenters. The maximum Gasteiger partial charge on any atom is 0.271 e. The summed E-state index contributed by atoms with van der Waals surface area (Å²) in [7, 11) is 0. The number of pyridine rings is 1. The maximum absolute atomic E-state index is 12.2. The summed E-state index contributed by atoms with van der Waals surface area (Å²) in [6.45, 7) is -0.328. The van der Waals surface area contributed by atoms with E-state index in [0.29, 0.717) is 15.7 Å². The van der Waals surface area contributed by atoms with E-state index in [2.05, 4.69) is 42.2 Å². The van der Waals surface area contributed by atoms with Crippen molar-refractivity contribution in [2.75, 3.05) is 11.9 Å². The minimum absolute atomic E-state index is 0.136. The van der Waals surface area contributed by atoms with Gasteiger partial charge >= 0.3 is 0 Å². The highest BCUT2D eigenvalue weighted by Crippen LogP contribution is 2.37. The summed E-state index contributed by atoms with van der Waals surface area (Å²) in [5.41, 5.74) is 0.540. The Labute approximate surface area is 175 Å². The largest absolute Gasteiger partial charge is 0.480 e. The molecule has 0 spiro atoms. The van der Waals surface area contributed by atoms with Crippen LogP contribution in [0.2, 0.25) is 5.02 Å². The van der Waals surface area contributed by atoms with Gasteiger partial charge < -0.3 is 10.1 Å². The van der Waals surface area contributed by atoms with E-state index in [-0.39, 0.29) is 23.0 Å². The smallest absolute Gasteiger partial charge is 0.271 e.